The lowest BCUT2D eigenvalue weighted by Gasteiger charge is -2.48. The van der Waals surface area contributed by atoms with E-state index in [-0.39, 0.29) is 42.4 Å². The summed E-state index contributed by atoms with van der Waals surface area (Å²) in [5, 5.41) is 16.1. The summed E-state index contributed by atoms with van der Waals surface area (Å²) >= 11 is 0. The van der Waals surface area contributed by atoms with Crippen LogP contribution in [0.4, 0.5) is 17.6 Å². The number of nitrogens with zero attached hydrogens (tertiary/aromatic N) is 3. The number of hydrogen-bond acceptors (Lipinski definition) is 5. The molecule has 208 valence electrons. The third kappa shape index (κ3) is 4.36. The van der Waals surface area contributed by atoms with E-state index in [0.29, 0.717) is 5.69 Å². The summed E-state index contributed by atoms with van der Waals surface area (Å²) < 4.78 is 88.3. The van der Waals surface area contributed by atoms with E-state index in [1.807, 2.05) is 6.08 Å². The predicted molar refractivity (Wildman–Crippen MR) is 136 cm³/mol. The Morgan fingerprint density at radius 2 is 1.77 bits per heavy atom. The van der Waals surface area contributed by atoms with E-state index in [1.54, 1.807) is 35.1 Å². The normalized spacial score (nSPS) is 20.5. The molecule has 1 aliphatic heterocycles. The molecular weight excluding hydrogens is 550 g/mol. The molecule has 0 radical (unpaired) electrons. The summed E-state index contributed by atoms with van der Waals surface area (Å²) in [4.78, 5) is -0.267. The number of rotatable bonds is 5. The Morgan fingerprint density at radius 1 is 1.05 bits per heavy atom. The van der Waals surface area contributed by atoms with Gasteiger partial charge in [0.25, 0.3) is 0 Å². The summed E-state index contributed by atoms with van der Waals surface area (Å²) in [5.74, 6) is -0.126. The minimum absolute atomic E-state index is 0.0574. The van der Waals surface area contributed by atoms with Crippen LogP contribution < -0.4 is 0 Å². The fourth-order valence-electron chi connectivity index (χ4n) is 5.60. The number of fused-ring (bicyclic) bond motifs is 2. The molecule has 2 aromatic heterocycles. The highest BCUT2D eigenvalue weighted by molar-refractivity contribution is 7.89. The molecule has 2 aliphatic rings. The molecule has 1 N–H and O–H groups in total. The minimum atomic E-state index is -4.59. The SMILES string of the molecule is O=S(=O)(c1ccc(C(F)(F)F)cc1)N1CCC2=Cc3c(cnn3-c3ccc(F)cc3)C[C@]2(C(O)c2ccco2)C1. The summed E-state index contributed by atoms with van der Waals surface area (Å²) in [5.41, 5.74) is 0.833. The van der Waals surface area contributed by atoms with Gasteiger partial charge in [0, 0.05) is 18.5 Å². The van der Waals surface area contributed by atoms with E-state index in [0.717, 1.165) is 41.1 Å². The molecular formula is C28H23F4N3O4S. The molecule has 40 heavy (non-hydrogen) atoms. The number of aliphatic hydroxyl groups is 1. The maximum atomic E-state index is 13.6. The van der Waals surface area contributed by atoms with E-state index in [9.17, 15) is 31.1 Å². The number of furan rings is 1. The molecule has 12 heteroatoms. The van der Waals surface area contributed by atoms with Gasteiger partial charge in [-0.15, -0.1) is 0 Å². The molecule has 1 saturated heterocycles. The summed E-state index contributed by atoms with van der Waals surface area (Å²) in [6.45, 7) is -0.0763. The van der Waals surface area contributed by atoms with Crippen molar-refractivity contribution in [2.75, 3.05) is 13.1 Å². The van der Waals surface area contributed by atoms with E-state index in [1.165, 1.54) is 22.7 Å². The van der Waals surface area contributed by atoms with Crippen molar-refractivity contribution in [1.82, 2.24) is 14.1 Å². The van der Waals surface area contributed by atoms with Crippen LogP contribution in [0.25, 0.3) is 11.8 Å². The van der Waals surface area contributed by atoms with Crippen LogP contribution in [0, 0.1) is 11.2 Å². The lowest BCUT2D eigenvalue weighted by molar-refractivity contribution is -0.137. The summed E-state index contributed by atoms with van der Waals surface area (Å²) in [7, 11) is -4.19. The van der Waals surface area contributed by atoms with Gasteiger partial charge >= 0.3 is 6.18 Å². The standard InChI is InChI=1S/C28H23F4N3O4S/c29-21-5-7-22(8-6-21)35-24-14-20-11-12-34(40(37,38)23-9-3-19(4-10-23)28(30,31)32)17-27(20,15-18(24)16-33-35)26(36)25-2-1-13-39-25/h1-10,13-14,16,26,36H,11-12,15,17H2/t26?,27-/m0/s1. The molecule has 2 atom stereocenters. The second-order valence-corrected chi connectivity index (χ2v) is 11.9. The highest BCUT2D eigenvalue weighted by atomic mass is 32.2. The Morgan fingerprint density at radius 3 is 2.42 bits per heavy atom. The second kappa shape index (κ2) is 9.43. The summed E-state index contributed by atoms with van der Waals surface area (Å²) in [6, 6.07) is 12.5. The van der Waals surface area contributed by atoms with Crippen LogP contribution in [-0.4, -0.2) is 40.7 Å². The maximum Gasteiger partial charge on any atom is 0.416 e. The van der Waals surface area contributed by atoms with Gasteiger partial charge in [-0.05, 0) is 85.1 Å². The van der Waals surface area contributed by atoms with Gasteiger partial charge in [-0.3, -0.25) is 0 Å². The average Bonchev–Trinajstić information content (AvgIpc) is 3.61. The van der Waals surface area contributed by atoms with Gasteiger partial charge in [0.15, 0.2) is 0 Å². The van der Waals surface area contributed by atoms with Crippen molar-refractivity contribution in [3.63, 3.8) is 0 Å². The molecule has 0 saturated carbocycles. The summed E-state index contributed by atoms with van der Waals surface area (Å²) in [6.07, 6.45) is -0.416. The van der Waals surface area contributed by atoms with Gasteiger partial charge in [0.05, 0.1) is 34.3 Å². The third-order valence-corrected chi connectivity index (χ3v) is 9.52. The fraction of sp³-hybridized carbons (Fsp3) is 0.250. The van der Waals surface area contributed by atoms with Crippen molar-refractivity contribution in [1.29, 1.82) is 0 Å². The van der Waals surface area contributed by atoms with Crippen molar-refractivity contribution < 1.29 is 35.5 Å². The van der Waals surface area contributed by atoms with Crippen LogP contribution in [0.3, 0.4) is 0 Å². The molecule has 1 aliphatic carbocycles. The Kier molecular flexibility index (Phi) is 6.24. The zero-order valence-electron chi connectivity index (χ0n) is 20.8. The first-order chi connectivity index (χ1) is 19.0. The molecule has 6 rings (SSSR count). The van der Waals surface area contributed by atoms with Crippen molar-refractivity contribution in [3.05, 3.63) is 107 Å². The van der Waals surface area contributed by atoms with Gasteiger partial charge in [-0.2, -0.15) is 22.6 Å². The lowest BCUT2D eigenvalue weighted by atomic mass is 9.65. The van der Waals surface area contributed by atoms with E-state index in [4.69, 9.17) is 4.42 Å². The smallest absolute Gasteiger partial charge is 0.416 e. The molecule has 4 aromatic rings. The van der Waals surface area contributed by atoms with Crippen molar-refractivity contribution in [3.8, 4) is 5.69 Å². The molecule has 1 fully saturated rings. The van der Waals surface area contributed by atoms with Crippen LogP contribution in [0.1, 0.15) is 35.1 Å². The zero-order valence-corrected chi connectivity index (χ0v) is 21.7. The Labute approximate surface area is 227 Å². The second-order valence-electron chi connectivity index (χ2n) is 9.97. The molecule has 0 spiro atoms. The van der Waals surface area contributed by atoms with Crippen molar-refractivity contribution in [2.24, 2.45) is 5.41 Å². The number of aromatic nitrogens is 2. The molecule has 3 heterocycles. The van der Waals surface area contributed by atoms with Crippen LogP contribution >= 0.6 is 0 Å². The molecule has 7 nitrogen and oxygen atoms in total. The predicted octanol–water partition coefficient (Wildman–Crippen LogP) is 5.38. The Balaban J connectivity index is 1.40. The number of sulfonamides is 1. The molecule has 2 aromatic carbocycles. The fourth-order valence-corrected chi connectivity index (χ4v) is 7.11. The van der Waals surface area contributed by atoms with Gasteiger partial charge in [0.2, 0.25) is 10.0 Å². The van der Waals surface area contributed by atoms with Crippen LogP contribution in [0.2, 0.25) is 0 Å². The van der Waals surface area contributed by atoms with Crippen LogP contribution in [-0.2, 0) is 22.6 Å². The number of alkyl halides is 3. The lowest BCUT2D eigenvalue weighted by Crippen LogP contribution is -2.52. The van der Waals surface area contributed by atoms with Gasteiger partial charge in [-0.1, -0.05) is 5.57 Å². The molecule has 0 amide bonds. The van der Waals surface area contributed by atoms with Gasteiger partial charge in [-0.25, -0.2) is 17.5 Å². The highest BCUT2D eigenvalue weighted by Crippen LogP contribution is 2.52. The average molecular weight is 574 g/mol. The van der Waals surface area contributed by atoms with E-state index >= 15 is 0 Å². The number of benzene rings is 2. The minimum Gasteiger partial charge on any atom is -0.467 e. The molecule has 0 bridgehead atoms. The first kappa shape index (κ1) is 26.5. The van der Waals surface area contributed by atoms with Crippen LogP contribution in [0.5, 0.6) is 0 Å². The Hall–Kier alpha value is -3.74. The largest absolute Gasteiger partial charge is 0.467 e. The maximum absolute atomic E-state index is 13.6. The first-order valence-corrected chi connectivity index (χ1v) is 13.9. The van der Waals surface area contributed by atoms with Gasteiger partial charge < -0.3 is 9.52 Å². The topological polar surface area (TPSA) is 88.6 Å². The zero-order chi connectivity index (χ0) is 28.3. The number of piperidine rings is 1. The first-order valence-electron chi connectivity index (χ1n) is 12.4. The monoisotopic (exact) mass is 573 g/mol. The number of halogens is 4. The van der Waals surface area contributed by atoms with Crippen molar-refractivity contribution >= 4 is 16.1 Å². The number of aliphatic hydroxyl groups excluding tert-OH is 1. The highest BCUT2D eigenvalue weighted by Gasteiger charge is 2.51. The quantitative estimate of drug-likeness (QED) is 0.324. The molecule has 1 unspecified atom stereocenters. The number of hydrogen-bond donors (Lipinski definition) is 1. The van der Waals surface area contributed by atoms with E-state index < -0.39 is 33.3 Å². The third-order valence-electron chi connectivity index (χ3n) is 7.66. The van der Waals surface area contributed by atoms with Crippen molar-refractivity contribution in [2.45, 2.75) is 30.0 Å². The van der Waals surface area contributed by atoms with Gasteiger partial charge in [0.1, 0.15) is 17.7 Å². The Bertz CT molecular complexity index is 1680. The van der Waals surface area contributed by atoms with Crippen LogP contribution in [0.15, 0.2) is 88.0 Å². The van der Waals surface area contributed by atoms with E-state index in [2.05, 4.69) is 5.10 Å².